The Morgan fingerprint density at radius 3 is 2.96 bits per heavy atom. The number of aromatic nitrogens is 4. The highest BCUT2D eigenvalue weighted by molar-refractivity contribution is 5.91. The minimum atomic E-state index is -0.0901. The van der Waals surface area contributed by atoms with Gasteiger partial charge in [-0.05, 0) is 25.0 Å². The highest BCUT2D eigenvalue weighted by Crippen LogP contribution is 2.31. The average Bonchev–Trinajstić information content (AvgIpc) is 3.31. The highest BCUT2D eigenvalue weighted by Gasteiger charge is 2.24. The summed E-state index contributed by atoms with van der Waals surface area (Å²) in [4.78, 5) is 30.4. The summed E-state index contributed by atoms with van der Waals surface area (Å²) in [7, 11) is 1.70. The summed E-state index contributed by atoms with van der Waals surface area (Å²) in [5.41, 5.74) is 3.32. The molecule has 124 valence electrons. The van der Waals surface area contributed by atoms with E-state index in [1.165, 1.54) is 4.57 Å². The second kappa shape index (κ2) is 5.20. The van der Waals surface area contributed by atoms with Crippen LogP contribution in [0.5, 0.6) is 0 Å². The van der Waals surface area contributed by atoms with Gasteiger partial charge >= 0.3 is 0 Å². The number of anilines is 1. The Bertz CT molecular complexity index is 1100. The molecule has 2 aliphatic rings. The van der Waals surface area contributed by atoms with Gasteiger partial charge in [0, 0.05) is 43.0 Å². The van der Waals surface area contributed by atoms with E-state index in [0.29, 0.717) is 22.8 Å². The van der Waals surface area contributed by atoms with Crippen LogP contribution in [0.25, 0.3) is 22.2 Å². The molecule has 3 aromatic rings. The minimum Gasteiger partial charge on any atom is -0.367 e. The predicted octanol–water partition coefficient (Wildman–Crippen LogP) is 2.22. The summed E-state index contributed by atoms with van der Waals surface area (Å²) in [6, 6.07) is 4.31. The lowest BCUT2D eigenvalue weighted by Gasteiger charge is -2.11. The molecular formula is C18H16N6O. The fourth-order valence-electron chi connectivity index (χ4n) is 3.04. The molecule has 1 saturated carbocycles. The molecule has 1 aliphatic carbocycles. The number of aryl methyl sites for hydroxylation is 1. The van der Waals surface area contributed by atoms with Crippen molar-refractivity contribution >= 4 is 28.8 Å². The van der Waals surface area contributed by atoms with Crippen LogP contribution in [0.15, 0.2) is 34.4 Å². The van der Waals surface area contributed by atoms with Gasteiger partial charge in [-0.15, -0.1) is 0 Å². The predicted molar refractivity (Wildman–Crippen MR) is 96.5 cm³/mol. The summed E-state index contributed by atoms with van der Waals surface area (Å²) in [6.45, 7) is 0. The van der Waals surface area contributed by atoms with Gasteiger partial charge in [-0.25, -0.2) is 19.9 Å². The van der Waals surface area contributed by atoms with Crippen molar-refractivity contribution in [3.8, 4) is 11.3 Å². The molecule has 5 rings (SSSR count). The van der Waals surface area contributed by atoms with E-state index in [4.69, 9.17) is 4.98 Å². The van der Waals surface area contributed by atoms with Crippen molar-refractivity contribution in [3.63, 3.8) is 0 Å². The molecule has 0 saturated heterocycles. The van der Waals surface area contributed by atoms with Crippen molar-refractivity contribution < 1.29 is 0 Å². The molecule has 0 amide bonds. The van der Waals surface area contributed by atoms with Crippen LogP contribution in [0.2, 0.25) is 0 Å². The van der Waals surface area contributed by atoms with E-state index in [9.17, 15) is 4.79 Å². The van der Waals surface area contributed by atoms with Gasteiger partial charge in [0.05, 0.1) is 17.5 Å². The number of aliphatic imine (C=N–C) groups is 1. The van der Waals surface area contributed by atoms with Crippen molar-refractivity contribution in [3.05, 3.63) is 40.6 Å². The molecule has 3 aromatic heterocycles. The third-order valence-corrected chi connectivity index (χ3v) is 4.58. The van der Waals surface area contributed by atoms with Crippen LogP contribution >= 0.6 is 0 Å². The van der Waals surface area contributed by atoms with Gasteiger partial charge < -0.3 is 9.88 Å². The highest BCUT2D eigenvalue weighted by atomic mass is 16.1. The first kappa shape index (κ1) is 14.3. The van der Waals surface area contributed by atoms with E-state index in [1.807, 2.05) is 12.3 Å². The second-order valence-corrected chi connectivity index (χ2v) is 6.55. The van der Waals surface area contributed by atoms with E-state index in [-0.39, 0.29) is 5.56 Å². The molecule has 0 bridgehead atoms. The number of fused-ring (bicyclic) bond motifs is 2. The van der Waals surface area contributed by atoms with Gasteiger partial charge in [0.25, 0.3) is 5.56 Å². The Morgan fingerprint density at radius 1 is 1.24 bits per heavy atom. The average molecular weight is 332 g/mol. The van der Waals surface area contributed by atoms with Gasteiger partial charge in [0.2, 0.25) is 0 Å². The van der Waals surface area contributed by atoms with Gasteiger partial charge in [-0.1, -0.05) is 0 Å². The lowest BCUT2D eigenvalue weighted by atomic mass is 10.1. The molecule has 4 heterocycles. The van der Waals surface area contributed by atoms with E-state index < -0.39 is 0 Å². The van der Waals surface area contributed by atoms with E-state index in [1.54, 1.807) is 19.6 Å². The molecule has 0 aromatic carbocycles. The summed E-state index contributed by atoms with van der Waals surface area (Å²) in [5, 5.41) is 3.92. The largest absolute Gasteiger partial charge is 0.367 e. The number of hydrogen-bond donors (Lipinski definition) is 1. The molecular weight excluding hydrogens is 316 g/mol. The maximum absolute atomic E-state index is 12.6. The molecule has 7 nitrogen and oxygen atoms in total. The van der Waals surface area contributed by atoms with E-state index >= 15 is 0 Å². The van der Waals surface area contributed by atoms with Gasteiger partial charge in [0.15, 0.2) is 5.82 Å². The molecule has 0 radical (unpaired) electrons. The van der Waals surface area contributed by atoms with Crippen LogP contribution in [0.3, 0.4) is 0 Å². The monoisotopic (exact) mass is 332 g/mol. The SMILES string of the molecule is Cn1cnc2cc(-c3cnc4c(c3)CC=N4)nc(NC3CC3)c2c1=O. The van der Waals surface area contributed by atoms with Crippen LogP contribution in [0.4, 0.5) is 11.6 Å². The zero-order valence-corrected chi connectivity index (χ0v) is 13.7. The van der Waals surface area contributed by atoms with Crippen molar-refractivity contribution in [2.75, 3.05) is 5.32 Å². The van der Waals surface area contributed by atoms with Crippen LogP contribution in [0.1, 0.15) is 18.4 Å². The topological polar surface area (TPSA) is 85.1 Å². The Hall–Kier alpha value is -3.09. The summed E-state index contributed by atoms with van der Waals surface area (Å²) >= 11 is 0. The van der Waals surface area contributed by atoms with Gasteiger partial charge in [-0.2, -0.15) is 0 Å². The molecule has 1 aliphatic heterocycles. The van der Waals surface area contributed by atoms with Gasteiger partial charge in [-0.3, -0.25) is 4.79 Å². The number of nitrogens with one attached hydrogen (secondary N) is 1. The Morgan fingerprint density at radius 2 is 2.12 bits per heavy atom. The zero-order valence-electron chi connectivity index (χ0n) is 13.7. The maximum atomic E-state index is 12.6. The van der Waals surface area contributed by atoms with Crippen LogP contribution in [0, 0.1) is 0 Å². The summed E-state index contributed by atoms with van der Waals surface area (Å²) < 4.78 is 1.48. The van der Waals surface area contributed by atoms with E-state index in [0.717, 1.165) is 41.9 Å². The molecule has 0 unspecified atom stereocenters. The summed E-state index contributed by atoms with van der Waals surface area (Å²) in [5.74, 6) is 1.38. The normalized spacial score (nSPS) is 15.6. The second-order valence-electron chi connectivity index (χ2n) is 6.55. The third kappa shape index (κ3) is 2.39. The van der Waals surface area contributed by atoms with Crippen molar-refractivity contribution in [2.45, 2.75) is 25.3 Å². The molecule has 25 heavy (non-hydrogen) atoms. The number of hydrogen-bond acceptors (Lipinski definition) is 6. The van der Waals surface area contributed by atoms with Crippen molar-refractivity contribution in [1.29, 1.82) is 0 Å². The fourth-order valence-corrected chi connectivity index (χ4v) is 3.04. The van der Waals surface area contributed by atoms with Crippen LogP contribution in [-0.4, -0.2) is 31.8 Å². The third-order valence-electron chi connectivity index (χ3n) is 4.58. The van der Waals surface area contributed by atoms with Crippen LogP contribution in [-0.2, 0) is 13.5 Å². The lowest BCUT2D eigenvalue weighted by molar-refractivity contribution is 0.842. The molecule has 7 heteroatoms. The quantitative estimate of drug-likeness (QED) is 0.795. The number of nitrogens with zero attached hydrogens (tertiary/aromatic N) is 5. The summed E-state index contributed by atoms with van der Waals surface area (Å²) in [6.07, 6.45) is 8.18. The van der Waals surface area contributed by atoms with Crippen molar-refractivity contribution in [2.24, 2.45) is 12.0 Å². The lowest BCUT2D eigenvalue weighted by Crippen LogP contribution is -2.19. The van der Waals surface area contributed by atoms with Gasteiger partial charge in [0.1, 0.15) is 11.2 Å². The number of pyridine rings is 2. The zero-order chi connectivity index (χ0) is 17.0. The molecule has 0 atom stereocenters. The Balaban J connectivity index is 1.71. The number of rotatable bonds is 3. The standard InChI is InChI=1S/C18H16N6O/c1-24-9-21-14-7-13(11-6-10-4-5-19-16(10)20-8-11)23-17(15(14)18(24)25)22-12-2-3-12/h5-9,12H,2-4H2,1H3,(H,22,23). The maximum Gasteiger partial charge on any atom is 0.264 e. The first-order valence-corrected chi connectivity index (χ1v) is 8.34. The first-order chi connectivity index (χ1) is 12.2. The molecule has 1 fully saturated rings. The molecule has 0 spiro atoms. The van der Waals surface area contributed by atoms with E-state index in [2.05, 4.69) is 26.3 Å². The smallest absolute Gasteiger partial charge is 0.264 e. The fraction of sp³-hybridized carbons (Fsp3) is 0.278. The Labute approximate surface area is 143 Å². The van der Waals surface area contributed by atoms with Crippen LogP contribution < -0.4 is 10.9 Å². The minimum absolute atomic E-state index is 0.0901. The Kier molecular flexibility index (Phi) is 2.97. The van der Waals surface area contributed by atoms with Crippen molar-refractivity contribution in [1.82, 2.24) is 19.5 Å². The first-order valence-electron chi connectivity index (χ1n) is 8.34. The molecule has 1 N–H and O–H groups in total.